The van der Waals surface area contributed by atoms with E-state index in [0.717, 1.165) is 27.6 Å². The average molecular weight is 483 g/mol. The van der Waals surface area contributed by atoms with E-state index in [0.29, 0.717) is 11.5 Å². The van der Waals surface area contributed by atoms with Crippen molar-refractivity contribution >= 4 is 28.9 Å². The SMILES string of the molecule is COc1ccc(C(NC(=O)COC(=O)/C=C/c2cccc3cccnc23)c2ccc(OC)cc2)cc1. The fourth-order valence-corrected chi connectivity index (χ4v) is 3.76. The highest BCUT2D eigenvalue weighted by Gasteiger charge is 2.18. The molecule has 1 aromatic heterocycles. The van der Waals surface area contributed by atoms with Gasteiger partial charge in [0.25, 0.3) is 5.91 Å². The van der Waals surface area contributed by atoms with Crippen LogP contribution in [0.5, 0.6) is 11.5 Å². The zero-order valence-corrected chi connectivity index (χ0v) is 20.0. The molecule has 4 rings (SSSR count). The largest absolute Gasteiger partial charge is 0.497 e. The van der Waals surface area contributed by atoms with E-state index in [9.17, 15) is 9.59 Å². The summed E-state index contributed by atoms with van der Waals surface area (Å²) in [7, 11) is 3.19. The van der Waals surface area contributed by atoms with Gasteiger partial charge in [-0.05, 0) is 47.5 Å². The molecule has 7 nitrogen and oxygen atoms in total. The molecule has 1 amide bonds. The summed E-state index contributed by atoms with van der Waals surface area (Å²) in [6.07, 6.45) is 4.62. The number of methoxy groups -OCH3 is 2. The van der Waals surface area contributed by atoms with Crippen molar-refractivity contribution in [2.75, 3.05) is 20.8 Å². The normalized spacial score (nSPS) is 11.0. The van der Waals surface area contributed by atoms with Gasteiger partial charge in [-0.2, -0.15) is 0 Å². The number of nitrogens with zero attached hydrogens (tertiary/aromatic N) is 1. The summed E-state index contributed by atoms with van der Waals surface area (Å²) in [5, 5.41) is 3.91. The van der Waals surface area contributed by atoms with Crippen molar-refractivity contribution in [3.63, 3.8) is 0 Å². The molecule has 0 fully saturated rings. The van der Waals surface area contributed by atoms with E-state index < -0.39 is 24.5 Å². The molecular formula is C29H26N2O5. The zero-order chi connectivity index (χ0) is 25.3. The third-order valence-electron chi connectivity index (χ3n) is 5.61. The van der Waals surface area contributed by atoms with Gasteiger partial charge in [-0.15, -0.1) is 0 Å². The van der Waals surface area contributed by atoms with Crippen LogP contribution in [0.1, 0.15) is 22.7 Å². The number of ether oxygens (including phenoxy) is 3. The van der Waals surface area contributed by atoms with Crippen LogP contribution in [-0.2, 0) is 14.3 Å². The lowest BCUT2D eigenvalue weighted by Crippen LogP contribution is -2.33. The minimum atomic E-state index is -0.622. The Morgan fingerprint density at radius 1 is 0.861 bits per heavy atom. The van der Waals surface area contributed by atoms with E-state index in [-0.39, 0.29) is 0 Å². The number of para-hydroxylation sites is 1. The molecule has 1 N–H and O–H groups in total. The van der Waals surface area contributed by atoms with Crippen molar-refractivity contribution in [2.45, 2.75) is 6.04 Å². The van der Waals surface area contributed by atoms with Crippen LogP contribution in [0, 0.1) is 0 Å². The summed E-state index contributed by atoms with van der Waals surface area (Å²) in [5.41, 5.74) is 3.27. The number of pyridine rings is 1. The van der Waals surface area contributed by atoms with Crippen molar-refractivity contribution in [2.24, 2.45) is 0 Å². The molecule has 36 heavy (non-hydrogen) atoms. The predicted octanol–water partition coefficient (Wildman–Crippen LogP) is 4.71. The van der Waals surface area contributed by atoms with Crippen LogP contribution >= 0.6 is 0 Å². The molecule has 0 aliphatic heterocycles. The number of nitrogens with one attached hydrogen (secondary N) is 1. The third kappa shape index (κ3) is 6.07. The monoisotopic (exact) mass is 482 g/mol. The second-order valence-corrected chi connectivity index (χ2v) is 7.91. The highest BCUT2D eigenvalue weighted by molar-refractivity contribution is 5.93. The Morgan fingerprint density at radius 2 is 1.47 bits per heavy atom. The van der Waals surface area contributed by atoms with Gasteiger partial charge in [-0.25, -0.2) is 4.79 Å². The van der Waals surface area contributed by atoms with Gasteiger partial charge in [-0.3, -0.25) is 9.78 Å². The van der Waals surface area contributed by atoms with Gasteiger partial charge in [0.05, 0.1) is 25.8 Å². The van der Waals surface area contributed by atoms with Crippen molar-refractivity contribution in [1.82, 2.24) is 10.3 Å². The molecule has 182 valence electrons. The summed E-state index contributed by atoms with van der Waals surface area (Å²) in [4.78, 5) is 29.4. The minimum Gasteiger partial charge on any atom is -0.497 e. The van der Waals surface area contributed by atoms with Crippen LogP contribution in [0.4, 0.5) is 0 Å². The van der Waals surface area contributed by atoms with Crippen molar-refractivity contribution in [1.29, 1.82) is 0 Å². The van der Waals surface area contributed by atoms with E-state index >= 15 is 0 Å². The molecule has 0 spiro atoms. The summed E-state index contributed by atoms with van der Waals surface area (Å²) >= 11 is 0. The first-order chi connectivity index (χ1) is 17.6. The maximum atomic E-state index is 12.7. The summed E-state index contributed by atoms with van der Waals surface area (Å²) in [6, 6.07) is 23.9. The number of rotatable bonds is 9. The van der Waals surface area contributed by atoms with E-state index in [1.54, 1.807) is 26.5 Å². The fourth-order valence-electron chi connectivity index (χ4n) is 3.76. The molecular weight excluding hydrogens is 456 g/mol. The third-order valence-corrected chi connectivity index (χ3v) is 5.61. The molecule has 3 aromatic carbocycles. The molecule has 0 saturated heterocycles. The standard InChI is InChI=1S/C29H26N2O5/c1-34-24-13-8-22(9-14-24)29(23-10-15-25(35-2)16-11-23)31-26(32)19-36-27(33)17-12-21-6-3-5-20-7-4-18-30-28(20)21/h3-18,29H,19H2,1-2H3,(H,31,32)/b17-12+. The minimum absolute atomic E-state index is 0.417. The number of aromatic nitrogens is 1. The van der Waals surface area contributed by atoms with Gasteiger partial charge < -0.3 is 19.5 Å². The molecule has 0 atom stereocenters. The van der Waals surface area contributed by atoms with Crippen LogP contribution in [0.15, 0.2) is 91.1 Å². The Balaban J connectivity index is 1.42. The van der Waals surface area contributed by atoms with Gasteiger partial charge in [0.1, 0.15) is 11.5 Å². The fraction of sp³-hybridized carbons (Fsp3) is 0.138. The molecule has 0 bridgehead atoms. The molecule has 0 saturated carbocycles. The number of hydrogen-bond donors (Lipinski definition) is 1. The smallest absolute Gasteiger partial charge is 0.331 e. The lowest BCUT2D eigenvalue weighted by Gasteiger charge is -2.20. The van der Waals surface area contributed by atoms with Gasteiger partial charge >= 0.3 is 5.97 Å². The van der Waals surface area contributed by atoms with Crippen LogP contribution in [-0.4, -0.2) is 37.7 Å². The Kier molecular flexibility index (Phi) is 7.93. The highest BCUT2D eigenvalue weighted by atomic mass is 16.5. The average Bonchev–Trinajstić information content (AvgIpc) is 2.94. The van der Waals surface area contributed by atoms with Crippen LogP contribution in [0.2, 0.25) is 0 Å². The number of benzene rings is 3. The highest BCUT2D eigenvalue weighted by Crippen LogP contribution is 2.26. The van der Waals surface area contributed by atoms with Crippen molar-refractivity contribution in [3.8, 4) is 11.5 Å². The molecule has 0 aliphatic carbocycles. The van der Waals surface area contributed by atoms with Crippen molar-refractivity contribution in [3.05, 3.63) is 108 Å². The van der Waals surface area contributed by atoms with Gasteiger partial charge in [0.15, 0.2) is 6.61 Å². The molecule has 4 aromatic rings. The van der Waals surface area contributed by atoms with E-state index in [2.05, 4.69) is 10.3 Å². The first kappa shape index (κ1) is 24.5. The summed E-state index contributed by atoms with van der Waals surface area (Å²) in [6.45, 7) is -0.417. The Bertz CT molecular complexity index is 1310. The molecule has 0 unspecified atom stereocenters. The van der Waals surface area contributed by atoms with Crippen LogP contribution in [0.3, 0.4) is 0 Å². The predicted molar refractivity (Wildman–Crippen MR) is 138 cm³/mol. The Hall–Kier alpha value is -4.65. The van der Waals surface area contributed by atoms with Crippen molar-refractivity contribution < 1.29 is 23.8 Å². The summed E-state index contributed by atoms with van der Waals surface area (Å²) in [5.74, 6) is 0.366. The van der Waals surface area contributed by atoms with E-state index in [1.165, 1.54) is 6.08 Å². The van der Waals surface area contributed by atoms with Crippen LogP contribution < -0.4 is 14.8 Å². The number of esters is 1. The number of carbonyl (C=O) groups is 2. The topological polar surface area (TPSA) is 86.8 Å². The van der Waals surface area contributed by atoms with E-state index in [1.807, 2.05) is 78.9 Å². The Morgan fingerprint density at radius 3 is 2.08 bits per heavy atom. The molecule has 7 heteroatoms. The lowest BCUT2D eigenvalue weighted by molar-refractivity contribution is -0.143. The molecule has 1 heterocycles. The molecule has 0 radical (unpaired) electrons. The summed E-state index contributed by atoms with van der Waals surface area (Å²) < 4.78 is 15.7. The van der Waals surface area contributed by atoms with E-state index in [4.69, 9.17) is 14.2 Å². The van der Waals surface area contributed by atoms with Gasteiger partial charge in [0, 0.05) is 23.2 Å². The maximum Gasteiger partial charge on any atom is 0.331 e. The van der Waals surface area contributed by atoms with Crippen LogP contribution in [0.25, 0.3) is 17.0 Å². The second-order valence-electron chi connectivity index (χ2n) is 7.91. The first-order valence-electron chi connectivity index (χ1n) is 11.3. The zero-order valence-electron chi connectivity index (χ0n) is 20.0. The number of carbonyl (C=O) groups excluding carboxylic acids is 2. The number of fused-ring (bicyclic) bond motifs is 1. The lowest BCUT2D eigenvalue weighted by atomic mass is 9.98. The second kappa shape index (κ2) is 11.7. The molecule has 0 aliphatic rings. The number of hydrogen-bond acceptors (Lipinski definition) is 6. The van der Waals surface area contributed by atoms with Gasteiger partial charge in [0.2, 0.25) is 0 Å². The van der Waals surface area contributed by atoms with Gasteiger partial charge in [-0.1, -0.05) is 48.5 Å². The first-order valence-corrected chi connectivity index (χ1v) is 11.3. The quantitative estimate of drug-likeness (QED) is 0.275. The maximum absolute atomic E-state index is 12.7. The Labute approximate surface area is 209 Å². The number of amides is 1.